The van der Waals surface area contributed by atoms with Gasteiger partial charge in [0.25, 0.3) is 0 Å². The molecule has 3 rings (SSSR count). The Morgan fingerprint density at radius 1 is 1.05 bits per heavy atom. The summed E-state index contributed by atoms with van der Waals surface area (Å²) in [5.41, 5.74) is 5.57. The highest BCUT2D eigenvalue weighted by molar-refractivity contribution is 5.90. The lowest BCUT2D eigenvalue weighted by atomic mass is 10.1. The van der Waals surface area contributed by atoms with E-state index in [0.29, 0.717) is 6.17 Å². The van der Waals surface area contributed by atoms with Crippen LogP contribution in [0, 0.1) is 6.92 Å². The molecule has 0 aromatic heterocycles. The minimum atomic E-state index is 0.429. The molecule has 0 saturated carbocycles. The van der Waals surface area contributed by atoms with Crippen molar-refractivity contribution in [2.24, 2.45) is 0 Å². The van der Waals surface area contributed by atoms with Crippen molar-refractivity contribution in [3.8, 4) is 0 Å². The zero-order chi connectivity index (χ0) is 13.6. The van der Waals surface area contributed by atoms with Crippen LogP contribution in [0.4, 0.5) is 17.1 Å². The number of hydrogen-bond acceptors (Lipinski definition) is 4. The molecule has 2 heterocycles. The number of rotatable bonds is 1. The highest BCUT2D eigenvalue weighted by atomic mass is 15.4. The van der Waals surface area contributed by atoms with E-state index in [2.05, 4.69) is 60.1 Å². The zero-order valence-electron chi connectivity index (χ0n) is 12.4. The third-order valence-electron chi connectivity index (χ3n) is 4.62. The summed E-state index contributed by atoms with van der Waals surface area (Å²) < 4.78 is 0. The molecule has 0 spiro atoms. The van der Waals surface area contributed by atoms with Gasteiger partial charge in [-0.05, 0) is 25.5 Å². The molecule has 1 N–H and O–H groups in total. The second-order valence-corrected chi connectivity index (χ2v) is 5.69. The van der Waals surface area contributed by atoms with Crippen molar-refractivity contribution in [2.75, 3.05) is 55.0 Å². The number of hydrogen-bond donors (Lipinski definition) is 1. The summed E-state index contributed by atoms with van der Waals surface area (Å²) >= 11 is 0. The number of fused-ring (bicyclic) bond motifs is 1. The summed E-state index contributed by atoms with van der Waals surface area (Å²) in [7, 11) is 4.39. The maximum absolute atomic E-state index is 3.43. The monoisotopic (exact) mass is 260 g/mol. The van der Waals surface area contributed by atoms with Crippen molar-refractivity contribution in [1.82, 2.24) is 5.32 Å². The lowest BCUT2D eigenvalue weighted by molar-refractivity contribution is 0.588. The van der Waals surface area contributed by atoms with E-state index in [0.717, 1.165) is 26.2 Å². The first-order valence-electron chi connectivity index (χ1n) is 7.16. The largest absolute Gasteiger partial charge is 0.367 e. The first-order valence-corrected chi connectivity index (χ1v) is 7.16. The molecule has 19 heavy (non-hydrogen) atoms. The van der Waals surface area contributed by atoms with E-state index in [1.165, 1.54) is 22.6 Å². The lowest BCUT2D eigenvalue weighted by Crippen LogP contribution is -2.44. The maximum atomic E-state index is 3.43. The molecular formula is C15H24N4. The summed E-state index contributed by atoms with van der Waals surface area (Å²) in [5, 5.41) is 3.43. The predicted octanol–water partition coefficient (Wildman–Crippen LogP) is 1.64. The van der Waals surface area contributed by atoms with Crippen LogP contribution >= 0.6 is 0 Å². The van der Waals surface area contributed by atoms with Crippen molar-refractivity contribution in [3.05, 3.63) is 17.7 Å². The molecule has 1 fully saturated rings. The number of nitrogens with one attached hydrogen (secondary N) is 1. The van der Waals surface area contributed by atoms with Gasteiger partial charge in [0.2, 0.25) is 0 Å². The third-order valence-corrected chi connectivity index (χ3v) is 4.62. The highest BCUT2D eigenvalue weighted by Crippen LogP contribution is 2.46. The Hall–Kier alpha value is -1.42. The molecule has 4 heteroatoms. The van der Waals surface area contributed by atoms with Crippen LogP contribution in [-0.4, -0.2) is 46.4 Å². The first kappa shape index (κ1) is 12.6. The topological polar surface area (TPSA) is 21.8 Å². The summed E-state index contributed by atoms with van der Waals surface area (Å²) in [6.07, 6.45) is 0.429. The molecule has 104 valence electrons. The van der Waals surface area contributed by atoms with E-state index in [-0.39, 0.29) is 0 Å². The standard InChI is InChI=1S/C15H24N4/c1-11-5-6-13-15(18(4)12(2)17(13)3)14(11)19-9-7-16-8-10-19/h5-6,12,16H,7-10H2,1-4H3. The lowest BCUT2D eigenvalue weighted by Gasteiger charge is -2.33. The van der Waals surface area contributed by atoms with Crippen LogP contribution in [0.15, 0.2) is 12.1 Å². The van der Waals surface area contributed by atoms with Crippen molar-refractivity contribution in [2.45, 2.75) is 20.0 Å². The number of nitrogens with zero attached hydrogens (tertiary/aromatic N) is 3. The Kier molecular flexibility index (Phi) is 3.05. The summed E-state index contributed by atoms with van der Waals surface area (Å²) in [6.45, 7) is 8.86. The van der Waals surface area contributed by atoms with Gasteiger partial charge in [0.15, 0.2) is 0 Å². The van der Waals surface area contributed by atoms with Gasteiger partial charge >= 0.3 is 0 Å². The zero-order valence-corrected chi connectivity index (χ0v) is 12.4. The van der Waals surface area contributed by atoms with Gasteiger partial charge in [-0.2, -0.15) is 0 Å². The molecule has 0 radical (unpaired) electrons. The number of benzene rings is 1. The highest BCUT2D eigenvalue weighted by Gasteiger charge is 2.32. The van der Waals surface area contributed by atoms with Gasteiger partial charge in [-0.25, -0.2) is 0 Å². The molecule has 4 nitrogen and oxygen atoms in total. The molecule has 1 aromatic carbocycles. The van der Waals surface area contributed by atoms with Crippen LogP contribution in [0.1, 0.15) is 12.5 Å². The average Bonchev–Trinajstić information content (AvgIpc) is 2.65. The van der Waals surface area contributed by atoms with Crippen LogP contribution in [0.25, 0.3) is 0 Å². The number of piperazine rings is 1. The van der Waals surface area contributed by atoms with Gasteiger partial charge in [-0.15, -0.1) is 0 Å². The first-order chi connectivity index (χ1) is 9.11. The predicted molar refractivity (Wildman–Crippen MR) is 82.5 cm³/mol. The van der Waals surface area contributed by atoms with E-state index < -0.39 is 0 Å². The van der Waals surface area contributed by atoms with Crippen molar-refractivity contribution in [1.29, 1.82) is 0 Å². The van der Waals surface area contributed by atoms with Gasteiger partial charge in [-0.3, -0.25) is 0 Å². The molecule has 1 unspecified atom stereocenters. The van der Waals surface area contributed by atoms with Gasteiger partial charge in [-0.1, -0.05) is 6.07 Å². The molecule has 0 amide bonds. The second kappa shape index (κ2) is 4.60. The van der Waals surface area contributed by atoms with Crippen LogP contribution in [0.3, 0.4) is 0 Å². The van der Waals surface area contributed by atoms with Crippen LogP contribution in [0.5, 0.6) is 0 Å². The Morgan fingerprint density at radius 2 is 1.74 bits per heavy atom. The van der Waals surface area contributed by atoms with E-state index in [1.807, 2.05) is 0 Å². The van der Waals surface area contributed by atoms with Crippen molar-refractivity contribution in [3.63, 3.8) is 0 Å². The van der Waals surface area contributed by atoms with E-state index >= 15 is 0 Å². The van der Waals surface area contributed by atoms with E-state index in [9.17, 15) is 0 Å². The summed E-state index contributed by atoms with van der Waals surface area (Å²) in [5.74, 6) is 0. The van der Waals surface area contributed by atoms with Gasteiger partial charge in [0.05, 0.1) is 23.2 Å². The SMILES string of the molecule is Cc1ccc2c(c1N1CCNCC1)N(C)C(C)N2C. The molecule has 2 aliphatic rings. The van der Waals surface area contributed by atoms with Crippen LogP contribution in [-0.2, 0) is 0 Å². The van der Waals surface area contributed by atoms with Gasteiger partial charge in [0, 0.05) is 40.3 Å². The fraction of sp³-hybridized carbons (Fsp3) is 0.600. The minimum Gasteiger partial charge on any atom is -0.367 e. The fourth-order valence-electron chi connectivity index (χ4n) is 3.24. The van der Waals surface area contributed by atoms with Crippen molar-refractivity contribution >= 4 is 17.1 Å². The smallest absolute Gasteiger partial charge is 0.0983 e. The molecule has 2 aliphatic heterocycles. The molecule has 1 saturated heterocycles. The Bertz CT molecular complexity index is 479. The number of anilines is 3. The molecular weight excluding hydrogens is 236 g/mol. The quantitative estimate of drug-likeness (QED) is 0.828. The van der Waals surface area contributed by atoms with Crippen LogP contribution in [0.2, 0.25) is 0 Å². The molecule has 0 bridgehead atoms. The third kappa shape index (κ3) is 1.86. The number of aryl methyl sites for hydroxylation is 1. The van der Waals surface area contributed by atoms with Gasteiger partial charge in [0.1, 0.15) is 0 Å². The summed E-state index contributed by atoms with van der Waals surface area (Å²) in [4.78, 5) is 7.30. The second-order valence-electron chi connectivity index (χ2n) is 5.69. The van der Waals surface area contributed by atoms with Gasteiger partial charge < -0.3 is 20.0 Å². The Balaban J connectivity index is 2.09. The molecule has 0 aliphatic carbocycles. The minimum absolute atomic E-state index is 0.429. The van der Waals surface area contributed by atoms with Crippen molar-refractivity contribution < 1.29 is 0 Å². The normalized spacial score (nSPS) is 22.9. The maximum Gasteiger partial charge on any atom is 0.0983 e. The molecule has 1 atom stereocenters. The van der Waals surface area contributed by atoms with E-state index in [4.69, 9.17) is 0 Å². The Labute approximate surface area is 116 Å². The summed E-state index contributed by atoms with van der Waals surface area (Å²) in [6, 6.07) is 4.52. The average molecular weight is 260 g/mol. The Morgan fingerprint density at radius 3 is 2.42 bits per heavy atom. The van der Waals surface area contributed by atoms with Crippen LogP contribution < -0.4 is 20.0 Å². The molecule has 1 aromatic rings. The fourth-order valence-corrected chi connectivity index (χ4v) is 3.24. The van der Waals surface area contributed by atoms with E-state index in [1.54, 1.807) is 0 Å².